The lowest BCUT2D eigenvalue weighted by atomic mass is 9.84. The molecule has 0 aromatic heterocycles. The van der Waals surface area contributed by atoms with Gasteiger partial charge in [-0.2, -0.15) is 0 Å². The first-order valence-electron chi connectivity index (χ1n) is 7.39. The maximum absolute atomic E-state index is 11.6. The second kappa shape index (κ2) is 7.43. The first kappa shape index (κ1) is 18.2. The summed E-state index contributed by atoms with van der Waals surface area (Å²) < 4.78 is 24.8. The molecule has 0 aliphatic carbocycles. The van der Waals surface area contributed by atoms with Crippen molar-refractivity contribution in [3.63, 3.8) is 0 Å². The van der Waals surface area contributed by atoms with Crippen LogP contribution >= 0.6 is 11.6 Å². The lowest BCUT2D eigenvalue weighted by Crippen LogP contribution is -2.47. The van der Waals surface area contributed by atoms with Crippen molar-refractivity contribution in [1.29, 1.82) is 0 Å². The fourth-order valence-electron chi connectivity index (χ4n) is 2.75. The fourth-order valence-corrected chi connectivity index (χ4v) is 3.91. The van der Waals surface area contributed by atoms with Gasteiger partial charge in [0.15, 0.2) is 0 Å². The molecule has 1 N–H and O–H groups in total. The summed E-state index contributed by atoms with van der Waals surface area (Å²) >= 11 is 5.88. The first-order chi connectivity index (χ1) is 9.14. The molecule has 120 valence electrons. The molecule has 0 amide bonds. The molecule has 4 nitrogen and oxygen atoms in total. The van der Waals surface area contributed by atoms with Crippen LogP contribution in [-0.2, 0) is 10.0 Å². The zero-order valence-corrected chi connectivity index (χ0v) is 14.7. The number of nitrogens with zero attached hydrogens (tertiary/aromatic N) is 1. The Hall–Kier alpha value is 0.160. The summed E-state index contributed by atoms with van der Waals surface area (Å²) in [6.07, 6.45) is 4.29. The molecule has 2 atom stereocenters. The van der Waals surface area contributed by atoms with Crippen LogP contribution in [0.15, 0.2) is 0 Å². The molecule has 2 unspecified atom stereocenters. The predicted molar refractivity (Wildman–Crippen MR) is 85.7 cm³/mol. The van der Waals surface area contributed by atoms with E-state index in [1.807, 2.05) is 0 Å². The summed E-state index contributed by atoms with van der Waals surface area (Å²) in [6, 6.07) is 0.369. The lowest BCUT2D eigenvalue weighted by molar-refractivity contribution is 0.216. The molecule has 1 rings (SSSR count). The van der Waals surface area contributed by atoms with Gasteiger partial charge < -0.3 is 5.32 Å². The van der Waals surface area contributed by atoms with Gasteiger partial charge in [-0.25, -0.2) is 12.7 Å². The zero-order chi connectivity index (χ0) is 15.4. The highest BCUT2D eigenvalue weighted by atomic mass is 35.5. The summed E-state index contributed by atoms with van der Waals surface area (Å²) in [6.45, 7) is 8.80. The molecule has 20 heavy (non-hydrogen) atoms. The highest BCUT2D eigenvalue weighted by Crippen LogP contribution is 2.24. The molecular formula is C14H29ClN2O2S. The molecule has 6 heteroatoms. The SMILES string of the molecule is CC(C)(C)C(CCCl)NCC1CCCN(S(C)(=O)=O)C1. The highest BCUT2D eigenvalue weighted by molar-refractivity contribution is 7.88. The van der Waals surface area contributed by atoms with Crippen LogP contribution in [-0.4, -0.2) is 50.5 Å². The topological polar surface area (TPSA) is 49.4 Å². The number of hydrogen-bond donors (Lipinski definition) is 1. The van der Waals surface area contributed by atoms with Crippen LogP contribution < -0.4 is 5.32 Å². The maximum Gasteiger partial charge on any atom is 0.211 e. The van der Waals surface area contributed by atoms with Crippen LogP contribution in [0.4, 0.5) is 0 Å². The van der Waals surface area contributed by atoms with E-state index in [1.54, 1.807) is 4.31 Å². The minimum absolute atomic E-state index is 0.167. The molecule has 0 saturated carbocycles. The van der Waals surface area contributed by atoms with Crippen LogP contribution in [0.5, 0.6) is 0 Å². The number of alkyl halides is 1. The van der Waals surface area contributed by atoms with Crippen LogP contribution in [0, 0.1) is 11.3 Å². The van der Waals surface area contributed by atoms with E-state index in [4.69, 9.17) is 11.6 Å². The van der Waals surface area contributed by atoms with Gasteiger partial charge in [-0.3, -0.25) is 0 Å². The summed E-state index contributed by atoms with van der Waals surface area (Å²) in [4.78, 5) is 0. The number of piperidine rings is 1. The Kier molecular flexibility index (Phi) is 6.77. The smallest absolute Gasteiger partial charge is 0.211 e. The lowest BCUT2D eigenvalue weighted by Gasteiger charge is -2.35. The van der Waals surface area contributed by atoms with Crippen molar-refractivity contribution < 1.29 is 8.42 Å². The van der Waals surface area contributed by atoms with Crippen LogP contribution in [0.2, 0.25) is 0 Å². The van der Waals surface area contributed by atoms with Gasteiger partial charge in [0, 0.05) is 25.0 Å². The fraction of sp³-hybridized carbons (Fsp3) is 1.00. The average molecular weight is 325 g/mol. The van der Waals surface area contributed by atoms with Crippen molar-refractivity contribution in [1.82, 2.24) is 9.62 Å². The summed E-state index contributed by atoms with van der Waals surface area (Å²) in [7, 11) is -3.05. The Morgan fingerprint density at radius 1 is 1.40 bits per heavy atom. The molecule has 0 aromatic carbocycles. The second-order valence-corrected chi connectivity index (χ2v) is 9.29. The molecule has 1 aliphatic rings. The van der Waals surface area contributed by atoms with Gasteiger partial charge >= 0.3 is 0 Å². The molecule has 0 spiro atoms. The Labute approximate surface area is 129 Å². The van der Waals surface area contributed by atoms with E-state index in [9.17, 15) is 8.42 Å². The quantitative estimate of drug-likeness (QED) is 0.763. The van der Waals surface area contributed by atoms with Crippen LogP contribution in [0.3, 0.4) is 0 Å². The summed E-state index contributed by atoms with van der Waals surface area (Å²) in [5.41, 5.74) is 0.167. The second-order valence-electron chi connectivity index (χ2n) is 6.93. The Morgan fingerprint density at radius 3 is 2.55 bits per heavy atom. The maximum atomic E-state index is 11.6. The van der Waals surface area contributed by atoms with E-state index in [0.717, 1.165) is 25.8 Å². The molecule has 0 bridgehead atoms. The standard InChI is InChI=1S/C14H29ClN2O2S/c1-14(2,3)13(7-8-15)16-10-12-6-5-9-17(11-12)20(4,18)19/h12-13,16H,5-11H2,1-4H3. The minimum Gasteiger partial charge on any atom is -0.313 e. The van der Waals surface area contributed by atoms with Crippen molar-refractivity contribution in [3.05, 3.63) is 0 Å². The molecule has 0 radical (unpaired) electrons. The van der Waals surface area contributed by atoms with E-state index in [0.29, 0.717) is 30.9 Å². The number of rotatable bonds is 6. The van der Waals surface area contributed by atoms with Gasteiger partial charge in [0.25, 0.3) is 0 Å². The molecule has 0 aromatic rings. The Balaban J connectivity index is 2.51. The van der Waals surface area contributed by atoms with Crippen molar-refractivity contribution in [2.24, 2.45) is 11.3 Å². The predicted octanol–water partition coefficient (Wildman–Crippen LogP) is 2.29. The molecule has 1 heterocycles. The van der Waals surface area contributed by atoms with E-state index in [1.165, 1.54) is 6.26 Å². The zero-order valence-electron chi connectivity index (χ0n) is 13.2. The van der Waals surface area contributed by atoms with Gasteiger partial charge in [0.2, 0.25) is 10.0 Å². The monoisotopic (exact) mass is 324 g/mol. The number of nitrogens with one attached hydrogen (secondary N) is 1. The van der Waals surface area contributed by atoms with Crippen LogP contribution in [0.1, 0.15) is 40.0 Å². The van der Waals surface area contributed by atoms with Gasteiger partial charge in [0.05, 0.1) is 6.26 Å². The highest BCUT2D eigenvalue weighted by Gasteiger charge is 2.28. The Bertz CT molecular complexity index is 392. The number of sulfonamides is 1. The largest absolute Gasteiger partial charge is 0.313 e. The van der Waals surface area contributed by atoms with E-state index >= 15 is 0 Å². The van der Waals surface area contributed by atoms with Gasteiger partial charge in [-0.1, -0.05) is 20.8 Å². The van der Waals surface area contributed by atoms with Gasteiger partial charge in [-0.05, 0) is 37.1 Å². The minimum atomic E-state index is -3.05. The van der Waals surface area contributed by atoms with Crippen molar-refractivity contribution in [2.45, 2.75) is 46.1 Å². The molecule has 1 aliphatic heterocycles. The molecule has 1 fully saturated rings. The average Bonchev–Trinajstić information content (AvgIpc) is 2.32. The van der Waals surface area contributed by atoms with Crippen molar-refractivity contribution in [2.75, 3.05) is 31.8 Å². The summed E-state index contributed by atoms with van der Waals surface area (Å²) in [5.74, 6) is 1.05. The third-order valence-electron chi connectivity index (χ3n) is 4.05. The Morgan fingerprint density at radius 2 is 2.05 bits per heavy atom. The first-order valence-corrected chi connectivity index (χ1v) is 9.77. The van der Waals surface area contributed by atoms with Gasteiger partial charge in [0.1, 0.15) is 0 Å². The number of hydrogen-bond acceptors (Lipinski definition) is 3. The van der Waals surface area contributed by atoms with E-state index in [-0.39, 0.29) is 5.41 Å². The van der Waals surface area contributed by atoms with Crippen molar-refractivity contribution in [3.8, 4) is 0 Å². The van der Waals surface area contributed by atoms with Crippen LogP contribution in [0.25, 0.3) is 0 Å². The molecule has 1 saturated heterocycles. The molecular weight excluding hydrogens is 296 g/mol. The van der Waals surface area contributed by atoms with Crippen molar-refractivity contribution >= 4 is 21.6 Å². The van der Waals surface area contributed by atoms with E-state index in [2.05, 4.69) is 26.1 Å². The third kappa shape index (κ3) is 5.88. The third-order valence-corrected chi connectivity index (χ3v) is 5.53. The summed E-state index contributed by atoms with van der Waals surface area (Å²) in [5, 5.41) is 3.60. The normalized spacial score (nSPS) is 23.8. The number of halogens is 1. The van der Waals surface area contributed by atoms with E-state index < -0.39 is 10.0 Å². The van der Waals surface area contributed by atoms with Gasteiger partial charge in [-0.15, -0.1) is 11.6 Å².